The number of hydrogen-bond acceptors (Lipinski definition) is 4. The van der Waals surface area contributed by atoms with Gasteiger partial charge in [-0.3, -0.25) is 4.40 Å². The molecule has 0 radical (unpaired) electrons. The minimum absolute atomic E-state index is 0.668. The summed E-state index contributed by atoms with van der Waals surface area (Å²) in [5, 5.41) is 5.37. The molecule has 0 aliphatic rings. The monoisotopic (exact) mass is 337 g/mol. The third-order valence-electron chi connectivity index (χ3n) is 2.76. The normalized spacial score (nSPS) is 10.8. The first-order valence-corrected chi connectivity index (χ1v) is 7.42. The molecule has 0 unspecified atom stereocenters. The lowest BCUT2D eigenvalue weighted by atomic mass is 10.3. The van der Waals surface area contributed by atoms with Gasteiger partial charge < -0.3 is 10.1 Å². The molecule has 0 aliphatic carbocycles. The number of ether oxygens (including phenoxy) is 1. The van der Waals surface area contributed by atoms with Crippen LogP contribution >= 0.6 is 27.3 Å². The molecule has 4 nitrogen and oxygen atoms in total. The number of fused-ring (bicyclic) bond motifs is 1. The Morgan fingerprint density at radius 1 is 1.47 bits per heavy atom. The molecule has 98 valence electrons. The number of aromatic nitrogens is 2. The van der Waals surface area contributed by atoms with Gasteiger partial charge in [-0.2, -0.15) is 0 Å². The third-order valence-corrected chi connectivity index (χ3v) is 4.03. The molecule has 0 bridgehead atoms. The molecular formula is C13H12BrN3OS. The molecule has 3 rings (SSSR count). The largest absolute Gasteiger partial charge is 0.495 e. The maximum atomic E-state index is 5.33. The first-order chi connectivity index (χ1) is 9.26. The van der Waals surface area contributed by atoms with Crippen molar-refractivity contribution in [2.75, 3.05) is 12.4 Å². The van der Waals surface area contributed by atoms with Crippen LogP contribution in [0.25, 0.3) is 4.96 Å². The van der Waals surface area contributed by atoms with Gasteiger partial charge in [-0.15, -0.1) is 11.3 Å². The molecular weight excluding hydrogens is 326 g/mol. The van der Waals surface area contributed by atoms with Crippen molar-refractivity contribution in [2.24, 2.45) is 0 Å². The fourth-order valence-electron chi connectivity index (χ4n) is 1.87. The number of hydrogen-bond donors (Lipinski definition) is 1. The highest BCUT2D eigenvalue weighted by atomic mass is 79.9. The molecule has 0 fully saturated rings. The summed E-state index contributed by atoms with van der Waals surface area (Å²) in [6.45, 7) is 0.668. The highest BCUT2D eigenvalue weighted by Gasteiger charge is 2.06. The molecule has 0 spiro atoms. The van der Waals surface area contributed by atoms with E-state index < -0.39 is 0 Å². The van der Waals surface area contributed by atoms with Gasteiger partial charge in [0, 0.05) is 22.2 Å². The highest BCUT2D eigenvalue weighted by molar-refractivity contribution is 9.10. The van der Waals surface area contributed by atoms with Gasteiger partial charge in [-0.25, -0.2) is 4.98 Å². The summed E-state index contributed by atoms with van der Waals surface area (Å²) < 4.78 is 8.37. The molecule has 0 amide bonds. The van der Waals surface area contributed by atoms with Crippen LogP contribution in [0.4, 0.5) is 5.69 Å². The second kappa shape index (κ2) is 5.22. The number of anilines is 1. The zero-order valence-electron chi connectivity index (χ0n) is 10.3. The maximum Gasteiger partial charge on any atom is 0.193 e. The molecule has 6 heteroatoms. The summed E-state index contributed by atoms with van der Waals surface area (Å²) in [6, 6.07) is 5.88. The van der Waals surface area contributed by atoms with E-state index in [0.717, 1.165) is 26.6 Å². The number of halogens is 1. The van der Waals surface area contributed by atoms with E-state index in [-0.39, 0.29) is 0 Å². The number of imidazole rings is 1. The van der Waals surface area contributed by atoms with Crippen molar-refractivity contribution in [3.8, 4) is 5.75 Å². The Balaban J connectivity index is 1.78. The minimum Gasteiger partial charge on any atom is -0.495 e. The van der Waals surface area contributed by atoms with Gasteiger partial charge in [0.15, 0.2) is 4.96 Å². The van der Waals surface area contributed by atoms with E-state index in [0.29, 0.717) is 6.54 Å². The van der Waals surface area contributed by atoms with Crippen LogP contribution in [-0.4, -0.2) is 16.5 Å². The van der Waals surface area contributed by atoms with Crippen molar-refractivity contribution in [1.29, 1.82) is 0 Å². The van der Waals surface area contributed by atoms with Crippen molar-refractivity contribution in [2.45, 2.75) is 6.54 Å². The van der Waals surface area contributed by atoms with Crippen LogP contribution in [-0.2, 0) is 6.54 Å². The van der Waals surface area contributed by atoms with Crippen molar-refractivity contribution < 1.29 is 4.74 Å². The average molecular weight is 338 g/mol. The molecule has 19 heavy (non-hydrogen) atoms. The number of nitrogens with zero attached hydrogens (tertiary/aromatic N) is 2. The Kier molecular flexibility index (Phi) is 3.44. The molecule has 0 atom stereocenters. The fourth-order valence-corrected chi connectivity index (χ4v) is 2.95. The molecule has 2 heterocycles. The lowest BCUT2D eigenvalue weighted by Gasteiger charge is -2.10. The fraction of sp³-hybridized carbons (Fsp3) is 0.154. The van der Waals surface area contributed by atoms with E-state index in [9.17, 15) is 0 Å². The standard InChI is InChI=1S/C13H12BrN3OS/c1-18-12-3-2-9(14)6-11(12)15-7-10-8-17-4-5-19-13(17)16-10/h2-6,8,15H,7H2,1H3. The van der Waals surface area contributed by atoms with Crippen LogP contribution in [0.15, 0.2) is 40.4 Å². The van der Waals surface area contributed by atoms with Crippen LogP contribution in [0, 0.1) is 0 Å². The van der Waals surface area contributed by atoms with Crippen LogP contribution < -0.4 is 10.1 Å². The molecule has 0 saturated heterocycles. The lowest BCUT2D eigenvalue weighted by Crippen LogP contribution is -2.01. The number of rotatable bonds is 4. The quantitative estimate of drug-likeness (QED) is 0.787. The summed E-state index contributed by atoms with van der Waals surface area (Å²) in [4.78, 5) is 5.54. The van der Waals surface area contributed by atoms with E-state index in [4.69, 9.17) is 4.74 Å². The molecule has 0 aliphatic heterocycles. The third kappa shape index (κ3) is 2.59. The Bertz CT molecular complexity index is 678. The average Bonchev–Trinajstić information content (AvgIpc) is 2.97. The number of benzene rings is 1. The molecule has 0 saturated carbocycles. The van der Waals surface area contributed by atoms with Gasteiger partial charge in [0.1, 0.15) is 5.75 Å². The van der Waals surface area contributed by atoms with E-state index >= 15 is 0 Å². The predicted molar refractivity (Wildman–Crippen MR) is 81.1 cm³/mol. The Labute approximate surface area is 123 Å². The second-order valence-corrected chi connectivity index (χ2v) is 5.81. The molecule has 2 aromatic heterocycles. The Hall–Kier alpha value is -1.53. The summed E-state index contributed by atoms with van der Waals surface area (Å²) in [5.41, 5.74) is 1.96. The predicted octanol–water partition coefficient (Wildman–Crippen LogP) is 3.78. The van der Waals surface area contributed by atoms with E-state index in [1.165, 1.54) is 0 Å². The van der Waals surface area contributed by atoms with Gasteiger partial charge >= 0.3 is 0 Å². The zero-order valence-corrected chi connectivity index (χ0v) is 12.7. The first-order valence-electron chi connectivity index (χ1n) is 5.75. The zero-order chi connectivity index (χ0) is 13.2. The van der Waals surface area contributed by atoms with Crippen molar-refractivity contribution >= 4 is 37.9 Å². The Morgan fingerprint density at radius 2 is 2.37 bits per heavy atom. The minimum atomic E-state index is 0.668. The van der Waals surface area contributed by atoms with Gasteiger partial charge in [0.2, 0.25) is 0 Å². The molecule has 3 aromatic rings. The molecule has 1 N–H and O–H groups in total. The van der Waals surface area contributed by atoms with Crippen LogP contribution in [0.5, 0.6) is 5.75 Å². The summed E-state index contributed by atoms with van der Waals surface area (Å²) >= 11 is 5.09. The number of nitrogens with one attached hydrogen (secondary N) is 1. The van der Waals surface area contributed by atoms with E-state index in [1.807, 2.05) is 40.4 Å². The maximum absolute atomic E-state index is 5.33. The summed E-state index contributed by atoms with van der Waals surface area (Å²) in [6.07, 6.45) is 4.04. The van der Waals surface area contributed by atoms with Crippen LogP contribution in [0.1, 0.15) is 5.69 Å². The van der Waals surface area contributed by atoms with Crippen molar-refractivity contribution in [3.63, 3.8) is 0 Å². The lowest BCUT2D eigenvalue weighted by molar-refractivity contribution is 0.416. The van der Waals surface area contributed by atoms with Gasteiger partial charge in [0.05, 0.1) is 25.0 Å². The van der Waals surface area contributed by atoms with Crippen LogP contribution in [0.3, 0.4) is 0 Å². The SMILES string of the molecule is COc1ccc(Br)cc1NCc1cn2ccsc2n1. The number of thiazole rings is 1. The highest BCUT2D eigenvalue weighted by Crippen LogP contribution is 2.28. The molecule has 1 aromatic carbocycles. The van der Waals surface area contributed by atoms with Gasteiger partial charge in [0.25, 0.3) is 0 Å². The van der Waals surface area contributed by atoms with E-state index in [2.05, 4.69) is 26.2 Å². The second-order valence-electron chi connectivity index (χ2n) is 4.02. The van der Waals surface area contributed by atoms with E-state index in [1.54, 1.807) is 18.4 Å². The first kappa shape index (κ1) is 12.5. The van der Waals surface area contributed by atoms with Gasteiger partial charge in [-0.1, -0.05) is 15.9 Å². The summed E-state index contributed by atoms with van der Waals surface area (Å²) in [7, 11) is 1.67. The van der Waals surface area contributed by atoms with Crippen molar-refractivity contribution in [1.82, 2.24) is 9.38 Å². The van der Waals surface area contributed by atoms with Crippen molar-refractivity contribution in [3.05, 3.63) is 46.1 Å². The Morgan fingerprint density at radius 3 is 3.16 bits per heavy atom. The smallest absolute Gasteiger partial charge is 0.193 e. The van der Waals surface area contributed by atoms with Crippen LogP contribution in [0.2, 0.25) is 0 Å². The summed E-state index contributed by atoms with van der Waals surface area (Å²) in [5.74, 6) is 0.823. The topological polar surface area (TPSA) is 38.6 Å². The number of methoxy groups -OCH3 is 1. The van der Waals surface area contributed by atoms with Gasteiger partial charge in [-0.05, 0) is 18.2 Å².